The molecule has 2 aromatic rings. The van der Waals surface area contributed by atoms with Gasteiger partial charge in [0.1, 0.15) is 5.41 Å². The first-order valence-corrected chi connectivity index (χ1v) is 8.64. The summed E-state index contributed by atoms with van der Waals surface area (Å²) < 4.78 is 5.36. The standard InChI is InChI=1S/C21H22O4/c1-3-4-13-25-19(22)14(2)21(20(23)24)17-11-7-5-9-15(17)16-10-6-8-12-18(16)21/h5-12,14H,3-4,13H2,1-2H3,(H,23,24). The second-order valence-electron chi connectivity index (χ2n) is 6.45. The third kappa shape index (κ3) is 2.53. The fourth-order valence-electron chi connectivity index (χ4n) is 3.77. The molecule has 1 atom stereocenters. The lowest BCUT2D eigenvalue weighted by atomic mass is 9.69. The third-order valence-electron chi connectivity index (χ3n) is 5.08. The monoisotopic (exact) mass is 338 g/mol. The maximum atomic E-state index is 12.6. The van der Waals surface area contributed by atoms with E-state index in [1.54, 1.807) is 19.1 Å². The summed E-state index contributed by atoms with van der Waals surface area (Å²) in [5.74, 6) is -2.32. The molecule has 0 aliphatic heterocycles. The van der Waals surface area contributed by atoms with Gasteiger partial charge in [0.25, 0.3) is 0 Å². The maximum Gasteiger partial charge on any atom is 0.319 e. The number of fused-ring (bicyclic) bond motifs is 3. The molecule has 0 spiro atoms. The Morgan fingerprint density at radius 2 is 1.56 bits per heavy atom. The summed E-state index contributed by atoms with van der Waals surface area (Å²) in [6.07, 6.45) is 1.68. The van der Waals surface area contributed by atoms with Gasteiger partial charge in [-0.3, -0.25) is 9.59 Å². The number of esters is 1. The average Bonchev–Trinajstić information content (AvgIpc) is 2.93. The van der Waals surface area contributed by atoms with Gasteiger partial charge in [-0.25, -0.2) is 0 Å². The van der Waals surface area contributed by atoms with E-state index in [4.69, 9.17) is 4.74 Å². The average molecular weight is 338 g/mol. The lowest BCUT2D eigenvalue weighted by Gasteiger charge is -2.32. The van der Waals surface area contributed by atoms with Crippen LogP contribution in [0.4, 0.5) is 0 Å². The third-order valence-corrected chi connectivity index (χ3v) is 5.08. The zero-order valence-corrected chi connectivity index (χ0v) is 14.5. The number of benzene rings is 2. The van der Waals surface area contributed by atoms with Gasteiger partial charge in [-0.05, 0) is 28.7 Å². The molecule has 0 bridgehead atoms. The highest BCUT2D eigenvalue weighted by atomic mass is 16.5. The number of aliphatic carboxylic acids is 1. The molecule has 1 aliphatic rings. The van der Waals surface area contributed by atoms with Gasteiger partial charge in [0, 0.05) is 0 Å². The van der Waals surface area contributed by atoms with Gasteiger partial charge >= 0.3 is 11.9 Å². The number of ether oxygens (including phenoxy) is 1. The molecule has 2 aromatic carbocycles. The Labute approximate surface area is 147 Å². The van der Waals surface area contributed by atoms with Gasteiger partial charge in [-0.1, -0.05) is 68.8 Å². The summed E-state index contributed by atoms with van der Waals surface area (Å²) in [5, 5.41) is 10.2. The van der Waals surface area contributed by atoms with Gasteiger partial charge in [-0.15, -0.1) is 0 Å². The van der Waals surface area contributed by atoms with E-state index in [1.165, 1.54) is 0 Å². The predicted molar refractivity (Wildman–Crippen MR) is 95.3 cm³/mol. The number of hydrogen-bond donors (Lipinski definition) is 1. The Morgan fingerprint density at radius 3 is 2.04 bits per heavy atom. The van der Waals surface area contributed by atoms with Crippen LogP contribution in [0, 0.1) is 5.92 Å². The summed E-state index contributed by atoms with van der Waals surface area (Å²) >= 11 is 0. The van der Waals surface area contributed by atoms with Crippen LogP contribution in [0.15, 0.2) is 48.5 Å². The summed E-state index contributed by atoms with van der Waals surface area (Å²) in [6.45, 7) is 3.99. The van der Waals surface area contributed by atoms with E-state index < -0.39 is 23.3 Å². The van der Waals surface area contributed by atoms with E-state index >= 15 is 0 Å². The van der Waals surface area contributed by atoms with Crippen LogP contribution in [0.25, 0.3) is 11.1 Å². The largest absolute Gasteiger partial charge is 0.480 e. The highest BCUT2D eigenvalue weighted by Gasteiger charge is 2.55. The zero-order valence-electron chi connectivity index (χ0n) is 14.5. The number of hydrogen-bond acceptors (Lipinski definition) is 3. The van der Waals surface area contributed by atoms with Crippen LogP contribution in [-0.4, -0.2) is 23.7 Å². The number of unbranched alkanes of at least 4 members (excludes halogenated alkanes) is 1. The first kappa shape index (κ1) is 17.2. The van der Waals surface area contributed by atoms with Crippen molar-refractivity contribution in [2.24, 2.45) is 5.92 Å². The van der Waals surface area contributed by atoms with Crippen molar-refractivity contribution in [1.29, 1.82) is 0 Å². The van der Waals surface area contributed by atoms with E-state index in [0.29, 0.717) is 17.7 Å². The number of carbonyl (C=O) groups excluding carboxylic acids is 1. The van der Waals surface area contributed by atoms with Gasteiger partial charge < -0.3 is 9.84 Å². The molecular weight excluding hydrogens is 316 g/mol. The van der Waals surface area contributed by atoms with Gasteiger partial charge in [0.2, 0.25) is 0 Å². The zero-order chi connectivity index (χ0) is 18.0. The van der Waals surface area contributed by atoms with Crippen LogP contribution in [0.1, 0.15) is 37.8 Å². The van der Waals surface area contributed by atoms with Crippen molar-refractivity contribution in [2.45, 2.75) is 32.1 Å². The second-order valence-corrected chi connectivity index (χ2v) is 6.45. The number of rotatable bonds is 6. The lowest BCUT2D eigenvalue weighted by molar-refractivity contribution is -0.157. The van der Waals surface area contributed by atoms with E-state index in [2.05, 4.69) is 0 Å². The fourth-order valence-corrected chi connectivity index (χ4v) is 3.77. The van der Waals surface area contributed by atoms with E-state index in [9.17, 15) is 14.7 Å². The highest BCUT2D eigenvalue weighted by Crippen LogP contribution is 2.53. The van der Waals surface area contributed by atoms with E-state index in [0.717, 1.165) is 24.0 Å². The quantitative estimate of drug-likeness (QED) is 0.638. The van der Waals surface area contributed by atoms with Crippen molar-refractivity contribution in [3.63, 3.8) is 0 Å². The summed E-state index contributed by atoms with van der Waals surface area (Å²) in [7, 11) is 0. The van der Waals surface area contributed by atoms with E-state index in [1.807, 2.05) is 43.3 Å². The van der Waals surface area contributed by atoms with Gasteiger partial charge in [0.15, 0.2) is 0 Å². The Morgan fingerprint density at radius 1 is 1.04 bits per heavy atom. The Kier molecular flexibility index (Phi) is 4.62. The Balaban J connectivity index is 2.15. The van der Waals surface area contributed by atoms with Crippen LogP contribution in [0.3, 0.4) is 0 Å². The molecule has 0 saturated heterocycles. The van der Waals surface area contributed by atoms with Crippen molar-refractivity contribution < 1.29 is 19.4 Å². The molecule has 1 N–H and O–H groups in total. The molecule has 4 nitrogen and oxygen atoms in total. The lowest BCUT2D eigenvalue weighted by Crippen LogP contribution is -2.45. The minimum Gasteiger partial charge on any atom is -0.480 e. The number of carbonyl (C=O) groups is 2. The van der Waals surface area contributed by atoms with Crippen LogP contribution < -0.4 is 0 Å². The fraction of sp³-hybridized carbons (Fsp3) is 0.333. The minimum atomic E-state index is -1.42. The van der Waals surface area contributed by atoms with Crippen molar-refractivity contribution in [3.05, 3.63) is 59.7 Å². The molecule has 0 amide bonds. The molecule has 3 rings (SSSR count). The summed E-state index contributed by atoms with van der Waals surface area (Å²) in [5.41, 5.74) is 1.63. The first-order valence-electron chi connectivity index (χ1n) is 8.64. The Hall–Kier alpha value is -2.62. The topological polar surface area (TPSA) is 63.6 Å². The molecular formula is C21H22O4. The molecule has 0 heterocycles. The SMILES string of the molecule is CCCCOC(=O)C(C)C1(C(=O)O)c2ccccc2-c2ccccc21. The molecule has 1 unspecified atom stereocenters. The molecule has 0 fully saturated rings. The van der Waals surface area contributed by atoms with Crippen LogP contribution in [0.5, 0.6) is 0 Å². The van der Waals surface area contributed by atoms with Crippen LogP contribution >= 0.6 is 0 Å². The van der Waals surface area contributed by atoms with Crippen molar-refractivity contribution in [2.75, 3.05) is 6.61 Å². The normalized spacial score (nSPS) is 15.1. The first-order chi connectivity index (χ1) is 12.0. The summed E-state index contributed by atoms with van der Waals surface area (Å²) in [6, 6.07) is 14.8. The smallest absolute Gasteiger partial charge is 0.319 e. The van der Waals surface area contributed by atoms with Crippen LogP contribution in [0.2, 0.25) is 0 Å². The minimum absolute atomic E-state index is 0.318. The van der Waals surface area contributed by atoms with Crippen molar-refractivity contribution >= 4 is 11.9 Å². The number of carboxylic acid groups (broad SMARTS) is 1. The molecule has 4 heteroatoms. The molecule has 0 aromatic heterocycles. The maximum absolute atomic E-state index is 12.6. The molecule has 0 radical (unpaired) electrons. The predicted octanol–water partition coefficient (Wildman–Crippen LogP) is 4.02. The molecule has 0 saturated carbocycles. The molecule has 130 valence electrons. The van der Waals surface area contributed by atoms with Gasteiger partial charge in [0.05, 0.1) is 12.5 Å². The Bertz CT molecular complexity index is 764. The van der Waals surface area contributed by atoms with Crippen LogP contribution in [-0.2, 0) is 19.7 Å². The van der Waals surface area contributed by atoms with E-state index in [-0.39, 0.29) is 0 Å². The highest BCUT2D eigenvalue weighted by molar-refractivity contribution is 6.01. The van der Waals surface area contributed by atoms with Crippen molar-refractivity contribution in [3.8, 4) is 11.1 Å². The summed E-state index contributed by atoms with van der Waals surface area (Å²) in [4.78, 5) is 25.2. The second kappa shape index (κ2) is 6.71. The van der Waals surface area contributed by atoms with Gasteiger partial charge in [-0.2, -0.15) is 0 Å². The van der Waals surface area contributed by atoms with Crippen molar-refractivity contribution in [1.82, 2.24) is 0 Å². The number of carboxylic acids is 1. The molecule has 1 aliphatic carbocycles. The molecule has 25 heavy (non-hydrogen) atoms.